The zero-order chi connectivity index (χ0) is 16.6. The van der Waals surface area contributed by atoms with Crippen LogP contribution in [0.15, 0.2) is 5.11 Å². The largest absolute Gasteiger partial charge is 0.396 e. The van der Waals surface area contributed by atoms with E-state index in [-0.39, 0.29) is 19.3 Å². The topological polar surface area (TPSA) is 87.5 Å². The number of rotatable bonds is 15. The van der Waals surface area contributed by atoms with Crippen molar-refractivity contribution in [3.8, 4) is 0 Å². The maximum atomic E-state index is 8.99. The Morgan fingerprint density at radius 3 is 2.59 bits per heavy atom. The van der Waals surface area contributed by atoms with Gasteiger partial charge < -0.3 is 14.4 Å². The van der Waals surface area contributed by atoms with E-state index in [1.54, 1.807) is 0 Å². The van der Waals surface area contributed by atoms with Crippen LogP contribution in [0.3, 0.4) is 0 Å². The summed E-state index contributed by atoms with van der Waals surface area (Å²) < 4.78 is 11.2. The normalized spacial score (nSPS) is 15.0. The first-order chi connectivity index (χ1) is 10.6. The fourth-order valence-corrected chi connectivity index (χ4v) is 2.77. The quantitative estimate of drug-likeness (QED) is 0.123. The molecule has 0 fully saturated rings. The number of azide groups is 1. The summed E-state index contributed by atoms with van der Waals surface area (Å²) in [5.74, 6) is 0. The minimum Gasteiger partial charge on any atom is -0.396 e. The summed E-state index contributed by atoms with van der Waals surface area (Å²) in [5.41, 5.74) is 8.33. The van der Waals surface area contributed by atoms with Crippen molar-refractivity contribution in [3.05, 3.63) is 10.4 Å². The van der Waals surface area contributed by atoms with E-state index in [4.69, 9.17) is 27.5 Å². The highest BCUT2D eigenvalue weighted by Crippen LogP contribution is 2.30. The van der Waals surface area contributed by atoms with E-state index in [0.29, 0.717) is 6.61 Å². The summed E-state index contributed by atoms with van der Waals surface area (Å²) in [4.78, 5) is 2.67. The van der Waals surface area contributed by atoms with Crippen molar-refractivity contribution >= 4 is 15.6 Å². The smallest absolute Gasteiger partial charge is 0.148 e. The number of hydrogen-bond acceptors (Lipinski definition) is 4. The number of unbranched alkanes of at least 4 members (excludes halogenated alkanes) is 4. The lowest BCUT2D eigenvalue weighted by atomic mass is 10.1. The van der Waals surface area contributed by atoms with E-state index in [0.717, 1.165) is 19.3 Å². The first kappa shape index (κ1) is 21.7. The van der Waals surface area contributed by atoms with Crippen molar-refractivity contribution in [2.24, 2.45) is 5.11 Å². The number of ether oxygens (including phenoxy) is 1. The second-order valence-electron chi connectivity index (χ2n) is 5.38. The van der Waals surface area contributed by atoms with Crippen LogP contribution in [0.25, 0.3) is 10.4 Å². The average Bonchev–Trinajstić information content (AvgIpc) is 2.49. The van der Waals surface area contributed by atoms with Crippen LogP contribution in [0.4, 0.5) is 0 Å². The van der Waals surface area contributed by atoms with Gasteiger partial charge in [-0.2, -0.15) is 0 Å². The lowest BCUT2D eigenvalue weighted by molar-refractivity contribution is 0.0743. The van der Waals surface area contributed by atoms with Crippen molar-refractivity contribution in [3.63, 3.8) is 0 Å². The predicted molar refractivity (Wildman–Crippen MR) is 92.3 cm³/mol. The zero-order valence-electron chi connectivity index (χ0n) is 13.9. The Morgan fingerprint density at radius 1 is 1.27 bits per heavy atom. The second kappa shape index (κ2) is 15.6. The standard InChI is InChI=1S/C14H29BN3O3P/c1-3-4-5-6-7-8-14(21-22(2)15)9-10-20-12-13(11-19)17-18-16/h13-14,19H,3-12H2,1-2H3. The van der Waals surface area contributed by atoms with Crippen LogP contribution in [0.1, 0.15) is 51.9 Å². The second-order valence-corrected chi connectivity index (χ2v) is 6.68. The molecule has 6 nitrogen and oxygen atoms in total. The van der Waals surface area contributed by atoms with Gasteiger partial charge in [0.05, 0.1) is 25.4 Å². The van der Waals surface area contributed by atoms with Crippen molar-refractivity contribution in [2.75, 3.05) is 26.5 Å². The van der Waals surface area contributed by atoms with Gasteiger partial charge in [-0.05, 0) is 33.1 Å². The molecule has 0 aromatic carbocycles. The summed E-state index contributed by atoms with van der Waals surface area (Å²) in [7, 11) is 4.90. The lowest BCUT2D eigenvalue weighted by Gasteiger charge is -2.21. The maximum absolute atomic E-state index is 8.99. The molecule has 0 saturated carbocycles. The van der Waals surface area contributed by atoms with E-state index >= 15 is 0 Å². The van der Waals surface area contributed by atoms with Crippen LogP contribution >= 0.6 is 8.03 Å². The van der Waals surface area contributed by atoms with Gasteiger partial charge in [-0.25, -0.2) is 0 Å². The Morgan fingerprint density at radius 2 is 2.00 bits per heavy atom. The Kier molecular flexibility index (Phi) is 15.4. The molecule has 0 aliphatic heterocycles. The molecule has 1 N–H and O–H groups in total. The highest BCUT2D eigenvalue weighted by molar-refractivity contribution is 7.77. The summed E-state index contributed by atoms with van der Waals surface area (Å²) >= 11 is 0. The molecule has 3 unspecified atom stereocenters. The van der Waals surface area contributed by atoms with E-state index in [1.807, 2.05) is 6.66 Å². The fourth-order valence-electron chi connectivity index (χ4n) is 2.09. The Labute approximate surface area is 136 Å². The Hall–Kier alpha value is -0.315. The fraction of sp³-hybridized carbons (Fsp3) is 1.00. The monoisotopic (exact) mass is 329 g/mol. The average molecular weight is 329 g/mol. The summed E-state index contributed by atoms with van der Waals surface area (Å²) in [5, 5.41) is 12.4. The molecule has 126 valence electrons. The molecule has 0 aliphatic rings. The van der Waals surface area contributed by atoms with Crippen LogP contribution in [0.5, 0.6) is 0 Å². The first-order valence-electron chi connectivity index (χ1n) is 8.02. The van der Waals surface area contributed by atoms with Gasteiger partial charge in [0.2, 0.25) is 0 Å². The molecular weight excluding hydrogens is 300 g/mol. The molecule has 0 rings (SSSR count). The molecule has 0 amide bonds. The van der Waals surface area contributed by atoms with Crippen molar-refractivity contribution in [1.82, 2.24) is 0 Å². The third-order valence-corrected chi connectivity index (χ3v) is 3.90. The van der Waals surface area contributed by atoms with Gasteiger partial charge in [-0.3, -0.25) is 0 Å². The maximum Gasteiger partial charge on any atom is 0.148 e. The van der Waals surface area contributed by atoms with E-state index in [2.05, 4.69) is 16.9 Å². The van der Waals surface area contributed by atoms with E-state index < -0.39 is 14.1 Å². The van der Waals surface area contributed by atoms with Crippen molar-refractivity contribution in [1.29, 1.82) is 0 Å². The van der Waals surface area contributed by atoms with E-state index in [9.17, 15) is 0 Å². The minimum atomic E-state index is -0.872. The minimum absolute atomic E-state index is 0.120. The predicted octanol–water partition coefficient (Wildman–Crippen LogP) is 3.92. The highest BCUT2D eigenvalue weighted by Gasteiger charge is 2.12. The SMILES string of the molecule is [B]P(C)OC(CCCCCCC)CCOCC(CO)N=[N+]=[N-]. The number of aliphatic hydroxyl groups excluding tert-OH is 1. The van der Waals surface area contributed by atoms with Gasteiger partial charge in [0, 0.05) is 11.5 Å². The molecular formula is C14H29BN3O3P. The molecule has 0 aliphatic carbocycles. The molecule has 8 heteroatoms. The van der Waals surface area contributed by atoms with E-state index in [1.165, 1.54) is 25.7 Å². The van der Waals surface area contributed by atoms with Crippen LogP contribution in [-0.4, -0.2) is 51.3 Å². The molecule has 2 radical (unpaired) electrons. The first-order valence-corrected chi connectivity index (χ1v) is 9.79. The lowest BCUT2D eigenvalue weighted by Crippen LogP contribution is -2.20. The van der Waals surface area contributed by atoms with Crippen molar-refractivity contribution < 1.29 is 14.4 Å². The van der Waals surface area contributed by atoms with Gasteiger partial charge in [0.1, 0.15) is 7.57 Å². The highest BCUT2D eigenvalue weighted by atomic mass is 31.1. The third kappa shape index (κ3) is 13.4. The summed E-state index contributed by atoms with van der Waals surface area (Å²) in [6, 6.07) is -0.517. The summed E-state index contributed by atoms with van der Waals surface area (Å²) in [6.45, 7) is 4.64. The third-order valence-electron chi connectivity index (χ3n) is 3.27. The molecule has 0 aromatic heterocycles. The van der Waals surface area contributed by atoms with Gasteiger partial charge >= 0.3 is 0 Å². The number of aliphatic hydroxyl groups is 1. The molecule has 0 aromatic rings. The molecule has 0 saturated heterocycles. The van der Waals surface area contributed by atoms with Crippen LogP contribution in [-0.2, 0) is 9.26 Å². The van der Waals surface area contributed by atoms with Crippen molar-refractivity contribution in [2.45, 2.75) is 64.0 Å². The van der Waals surface area contributed by atoms with Crippen LogP contribution in [0, 0.1) is 0 Å². The van der Waals surface area contributed by atoms with Gasteiger partial charge in [-0.15, -0.1) is 0 Å². The number of nitrogens with zero attached hydrogens (tertiary/aromatic N) is 3. The zero-order valence-corrected chi connectivity index (χ0v) is 14.8. The Bertz CT molecular complexity index is 305. The molecule has 0 bridgehead atoms. The molecule has 22 heavy (non-hydrogen) atoms. The number of hydrogen-bond donors (Lipinski definition) is 1. The van der Waals surface area contributed by atoms with Gasteiger partial charge in [0.25, 0.3) is 0 Å². The van der Waals surface area contributed by atoms with Gasteiger partial charge in [-0.1, -0.05) is 44.1 Å². The molecule has 3 atom stereocenters. The molecule has 0 spiro atoms. The summed E-state index contributed by atoms with van der Waals surface area (Å²) in [6.07, 6.45) is 8.06. The molecule has 0 heterocycles. The van der Waals surface area contributed by atoms with Crippen LogP contribution < -0.4 is 0 Å². The van der Waals surface area contributed by atoms with Gasteiger partial charge in [0.15, 0.2) is 0 Å². The van der Waals surface area contributed by atoms with Crippen LogP contribution in [0.2, 0.25) is 0 Å². The Balaban J connectivity index is 3.90.